The van der Waals surface area contributed by atoms with Gasteiger partial charge < -0.3 is 24.8 Å². The molecule has 31 heavy (non-hydrogen) atoms. The monoisotopic (exact) mass is 427 g/mol. The molecule has 2 aromatic rings. The third-order valence-electron chi connectivity index (χ3n) is 5.74. The predicted molar refractivity (Wildman–Crippen MR) is 121 cm³/mol. The highest BCUT2D eigenvalue weighted by Crippen LogP contribution is 2.40. The number of carbonyl (C=O) groups is 1. The van der Waals surface area contributed by atoms with Gasteiger partial charge in [0.25, 0.3) is 0 Å². The first-order chi connectivity index (χ1) is 15.0. The minimum atomic E-state index is -0.160. The second kappa shape index (κ2) is 10.4. The fourth-order valence-electron chi connectivity index (χ4n) is 4.25. The Kier molecular flexibility index (Phi) is 7.63. The van der Waals surface area contributed by atoms with Crippen LogP contribution in [0.1, 0.15) is 36.6 Å². The van der Waals surface area contributed by atoms with Crippen molar-refractivity contribution in [2.24, 2.45) is 0 Å². The van der Waals surface area contributed by atoms with Crippen LogP contribution in [0.15, 0.2) is 36.4 Å². The fraction of sp³-hybridized carbons (Fsp3) is 0.458. The Balaban J connectivity index is 1.95. The molecule has 1 heterocycles. The second-order valence-corrected chi connectivity index (χ2v) is 7.71. The van der Waals surface area contributed by atoms with E-state index in [0.29, 0.717) is 12.3 Å². The smallest absolute Gasteiger partial charge is 0.315 e. The molecule has 1 aliphatic heterocycles. The first kappa shape index (κ1) is 22.7. The van der Waals surface area contributed by atoms with E-state index in [4.69, 9.17) is 14.2 Å². The molecule has 7 nitrogen and oxygen atoms in total. The van der Waals surface area contributed by atoms with Gasteiger partial charge in [0.05, 0.1) is 27.4 Å². The van der Waals surface area contributed by atoms with E-state index in [2.05, 4.69) is 39.8 Å². The van der Waals surface area contributed by atoms with E-state index in [9.17, 15) is 4.79 Å². The summed E-state index contributed by atoms with van der Waals surface area (Å²) in [6.45, 7) is 6.19. The van der Waals surface area contributed by atoms with Crippen LogP contribution in [0.5, 0.6) is 17.2 Å². The number of fused-ring (bicyclic) bond motifs is 1. The summed E-state index contributed by atoms with van der Waals surface area (Å²) < 4.78 is 16.4. The molecule has 0 bridgehead atoms. The summed E-state index contributed by atoms with van der Waals surface area (Å²) in [4.78, 5) is 14.7. The summed E-state index contributed by atoms with van der Waals surface area (Å²) >= 11 is 0. The molecule has 0 saturated carbocycles. The third-order valence-corrected chi connectivity index (χ3v) is 5.74. The van der Waals surface area contributed by atoms with Crippen LogP contribution in [0.4, 0.5) is 4.79 Å². The van der Waals surface area contributed by atoms with Crippen molar-refractivity contribution in [2.75, 3.05) is 34.4 Å². The van der Waals surface area contributed by atoms with Crippen molar-refractivity contribution in [1.29, 1.82) is 0 Å². The maximum absolute atomic E-state index is 12.3. The fourth-order valence-corrected chi connectivity index (χ4v) is 4.25. The van der Waals surface area contributed by atoms with E-state index in [1.165, 1.54) is 11.1 Å². The third kappa shape index (κ3) is 5.22. The summed E-state index contributed by atoms with van der Waals surface area (Å²) in [5.41, 5.74) is 3.57. The number of ether oxygens (including phenoxy) is 3. The largest absolute Gasteiger partial charge is 0.497 e. The minimum Gasteiger partial charge on any atom is -0.497 e. The van der Waals surface area contributed by atoms with Crippen LogP contribution in [0.25, 0.3) is 0 Å². The Labute approximate surface area is 184 Å². The van der Waals surface area contributed by atoms with Crippen LogP contribution in [-0.2, 0) is 13.0 Å². The molecule has 0 radical (unpaired) electrons. The van der Waals surface area contributed by atoms with E-state index in [1.807, 2.05) is 26.0 Å². The number of nitrogens with one attached hydrogen (secondary N) is 2. The normalized spacial score (nSPS) is 16.7. The zero-order valence-electron chi connectivity index (χ0n) is 19.0. The number of methoxy groups -OCH3 is 3. The van der Waals surface area contributed by atoms with Gasteiger partial charge >= 0.3 is 6.03 Å². The molecule has 7 heteroatoms. The molecule has 0 fully saturated rings. The number of urea groups is 1. The SMILES string of the molecule is CCNC(=O)N[C@H](C)[C@H]1c2cc(OC)c(OC)cc2CCN1Cc1ccc(OC)cc1. The Hall–Kier alpha value is -2.93. The number of rotatable bonds is 8. The van der Waals surface area contributed by atoms with Crippen molar-refractivity contribution in [1.82, 2.24) is 15.5 Å². The molecular formula is C24H33N3O4. The van der Waals surface area contributed by atoms with Crippen LogP contribution in [0.2, 0.25) is 0 Å². The minimum absolute atomic E-state index is 0.00624. The van der Waals surface area contributed by atoms with Gasteiger partial charge in [0.1, 0.15) is 5.75 Å². The first-order valence-electron chi connectivity index (χ1n) is 10.7. The Morgan fingerprint density at radius 3 is 2.39 bits per heavy atom. The zero-order chi connectivity index (χ0) is 22.4. The first-order valence-corrected chi connectivity index (χ1v) is 10.7. The number of hydrogen-bond donors (Lipinski definition) is 2. The number of nitrogens with zero attached hydrogens (tertiary/aromatic N) is 1. The topological polar surface area (TPSA) is 72.1 Å². The van der Waals surface area contributed by atoms with Gasteiger partial charge in [0, 0.05) is 25.7 Å². The molecule has 168 valence electrons. The van der Waals surface area contributed by atoms with Crippen LogP contribution in [0, 0.1) is 0 Å². The van der Waals surface area contributed by atoms with Gasteiger partial charge in [-0.15, -0.1) is 0 Å². The van der Waals surface area contributed by atoms with Crippen molar-refractivity contribution in [3.8, 4) is 17.2 Å². The number of hydrogen-bond acceptors (Lipinski definition) is 5. The van der Waals surface area contributed by atoms with Crippen LogP contribution < -0.4 is 24.8 Å². The summed E-state index contributed by atoms with van der Waals surface area (Å²) in [6, 6.07) is 12.0. The average Bonchev–Trinajstić information content (AvgIpc) is 2.78. The van der Waals surface area contributed by atoms with Crippen LogP contribution in [-0.4, -0.2) is 51.4 Å². The van der Waals surface area contributed by atoms with E-state index < -0.39 is 0 Å². The van der Waals surface area contributed by atoms with Crippen molar-refractivity contribution < 1.29 is 19.0 Å². The molecule has 3 rings (SSSR count). The summed E-state index contributed by atoms with van der Waals surface area (Å²) in [7, 11) is 4.97. The molecule has 2 N–H and O–H groups in total. The lowest BCUT2D eigenvalue weighted by Crippen LogP contribution is -2.49. The Morgan fingerprint density at radius 1 is 1.10 bits per heavy atom. The maximum Gasteiger partial charge on any atom is 0.315 e. The lowest BCUT2D eigenvalue weighted by Gasteiger charge is -2.41. The van der Waals surface area contributed by atoms with Crippen LogP contribution in [0.3, 0.4) is 0 Å². The van der Waals surface area contributed by atoms with E-state index >= 15 is 0 Å². The van der Waals surface area contributed by atoms with E-state index in [-0.39, 0.29) is 18.1 Å². The highest BCUT2D eigenvalue weighted by Gasteiger charge is 2.33. The molecule has 2 amide bonds. The number of carbonyl (C=O) groups excluding carboxylic acids is 1. The van der Waals surface area contributed by atoms with Crippen LogP contribution >= 0.6 is 0 Å². The highest BCUT2D eigenvalue weighted by molar-refractivity contribution is 5.74. The number of amides is 2. The Bertz CT molecular complexity index is 885. The van der Waals surface area contributed by atoms with Gasteiger partial charge in [-0.05, 0) is 61.2 Å². The van der Waals surface area contributed by atoms with Gasteiger partial charge in [-0.25, -0.2) is 4.79 Å². The van der Waals surface area contributed by atoms with E-state index in [0.717, 1.165) is 36.6 Å². The highest BCUT2D eigenvalue weighted by atomic mass is 16.5. The Morgan fingerprint density at radius 2 is 1.77 bits per heavy atom. The summed E-state index contributed by atoms with van der Waals surface area (Å²) in [6.07, 6.45) is 0.899. The van der Waals surface area contributed by atoms with Crippen molar-refractivity contribution in [2.45, 2.75) is 38.9 Å². The van der Waals surface area contributed by atoms with E-state index in [1.54, 1.807) is 21.3 Å². The molecular weight excluding hydrogens is 394 g/mol. The average molecular weight is 428 g/mol. The summed E-state index contributed by atoms with van der Waals surface area (Å²) in [5.74, 6) is 2.27. The number of benzene rings is 2. The van der Waals surface area contributed by atoms with Gasteiger partial charge in [-0.2, -0.15) is 0 Å². The molecule has 0 unspecified atom stereocenters. The maximum atomic E-state index is 12.3. The zero-order valence-corrected chi connectivity index (χ0v) is 19.0. The summed E-state index contributed by atoms with van der Waals surface area (Å²) in [5, 5.41) is 5.94. The van der Waals surface area contributed by atoms with Crippen molar-refractivity contribution in [3.63, 3.8) is 0 Å². The molecule has 0 saturated heterocycles. The molecule has 0 aromatic heterocycles. The molecule has 1 aliphatic rings. The lowest BCUT2D eigenvalue weighted by molar-refractivity contribution is 0.143. The van der Waals surface area contributed by atoms with Gasteiger partial charge in [0.2, 0.25) is 0 Å². The van der Waals surface area contributed by atoms with Gasteiger partial charge in [-0.3, -0.25) is 4.90 Å². The molecule has 2 aromatic carbocycles. The second-order valence-electron chi connectivity index (χ2n) is 7.71. The quantitative estimate of drug-likeness (QED) is 0.675. The predicted octanol–water partition coefficient (Wildman–Crippen LogP) is 3.52. The van der Waals surface area contributed by atoms with Crippen molar-refractivity contribution >= 4 is 6.03 Å². The van der Waals surface area contributed by atoms with Gasteiger partial charge in [-0.1, -0.05) is 12.1 Å². The van der Waals surface area contributed by atoms with Crippen molar-refractivity contribution in [3.05, 3.63) is 53.1 Å². The standard InChI is InChI=1S/C24H33N3O4/c1-6-25-24(28)26-16(2)23-20-14-22(31-5)21(30-4)13-18(20)11-12-27(23)15-17-7-9-19(29-3)10-8-17/h7-10,13-14,16,23H,6,11-12,15H2,1-5H3,(H2,25,26,28)/t16-,23+/m1/s1. The molecule has 0 aliphatic carbocycles. The van der Waals surface area contributed by atoms with Gasteiger partial charge in [0.15, 0.2) is 11.5 Å². The lowest BCUT2D eigenvalue weighted by atomic mass is 9.87. The molecule has 2 atom stereocenters. The molecule has 0 spiro atoms.